The largest absolute Gasteiger partial charge is 0.481 e. The van der Waals surface area contributed by atoms with E-state index in [0.717, 1.165) is 18.4 Å². The number of hydrogen-bond acceptors (Lipinski definition) is 4. The van der Waals surface area contributed by atoms with E-state index >= 15 is 0 Å². The number of aliphatic hydroxyl groups is 1. The van der Waals surface area contributed by atoms with Gasteiger partial charge in [-0.2, -0.15) is 0 Å². The van der Waals surface area contributed by atoms with Crippen LogP contribution >= 0.6 is 0 Å². The first-order valence-corrected chi connectivity index (χ1v) is 9.30. The second-order valence-electron chi connectivity index (χ2n) is 7.32. The van der Waals surface area contributed by atoms with Gasteiger partial charge in [0.05, 0.1) is 12.5 Å². The molecule has 0 spiro atoms. The summed E-state index contributed by atoms with van der Waals surface area (Å²) in [7, 11) is 0. The highest BCUT2D eigenvalue weighted by atomic mass is 16.4. The molecule has 1 fully saturated rings. The van der Waals surface area contributed by atoms with E-state index in [4.69, 9.17) is 5.11 Å². The Kier molecular flexibility index (Phi) is 7.36. The average molecular weight is 377 g/mol. The minimum atomic E-state index is -1.67. The maximum absolute atomic E-state index is 12.7. The molecular weight excluding hydrogens is 350 g/mol. The van der Waals surface area contributed by atoms with Crippen molar-refractivity contribution in [1.29, 1.82) is 0 Å². The quantitative estimate of drug-likeness (QED) is 0.493. The van der Waals surface area contributed by atoms with Gasteiger partial charge in [0.15, 0.2) is 6.10 Å². The van der Waals surface area contributed by atoms with E-state index in [9.17, 15) is 24.6 Å². The molecule has 1 aromatic rings. The van der Waals surface area contributed by atoms with Crippen molar-refractivity contribution in [2.75, 3.05) is 6.54 Å². The average Bonchev–Trinajstić information content (AvgIpc) is 3.13. The third-order valence-corrected chi connectivity index (χ3v) is 5.39. The Morgan fingerprint density at radius 2 is 1.67 bits per heavy atom. The highest BCUT2D eigenvalue weighted by molar-refractivity contribution is 5.84. The summed E-state index contributed by atoms with van der Waals surface area (Å²) in [5.41, 5.74) is 0.246. The van der Waals surface area contributed by atoms with Gasteiger partial charge in [-0.3, -0.25) is 9.59 Å². The van der Waals surface area contributed by atoms with Gasteiger partial charge in [0.1, 0.15) is 0 Å². The number of carboxylic acids is 2. The molecule has 0 aromatic heterocycles. The first kappa shape index (κ1) is 20.9. The number of rotatable bonds is 10. The molecule has 2 rings (SSSR count). The molecule has 0 radical (unpaired) electrons. The molecular formula is C20H27NO6. The highest BCUT2D eigenvalue weighted by Gasteiger charge is 2.44. The highest BCUT2D eigenvalue weighted by Crippen LogP contribution is 2.44. The maximum Gasteiger partial charge on any atom is 0.334 e. The van der Waals surface area contributed by atoms with E-state index in [0.29, 0.717) is 25.7 Å². The number of hydrogen-bond donors (Lipinski definition) is 4. The molecule has 1 aliphatic rings. The molecule has 0 bridgehead atoms. The number of aliphatic carboxylic acids is 2. The van der Waals surface area contributed by atoms with Crippen LogP contribution in [-0.4, -0.2) is 45.8 Å². The minimum Gasteiger partial charge on any atom is -0.481 e. The predicted molar refractivity (Wildman–Crippen MR) is 98.1 cm³/mol. The fourth-order valence-electron chi connectivity index (χ4n) is 3.81. The summed E-state index contributed by atoms with van der Waals surface area (Å²) in [5, 5.41) is 30.3. The van der Waals surface area contributed by atoms with Crippen molar-refractivity contribution in [1.82, 2.24) is 5.32 Å². The lowest BCUT2D eigenvalue weighted by Gasteiger charge is -2.30. The molecule has 1 saturated carbocycles. The van der Waals surface area contributed by atoms with Gasteiger partial charge in [-0.05, 0) is 37.7 Å². The molecule has 4 N–H and O–H groups in total. The number of carbonyl (C=O) groups is 3. The molecule has 0 saturated heterocycles. The van der Waals surface area contributed by atoms with Gasteiger partial charge < -0.3 is 20.6 Å². The Bertz CT molecular complexity index is 654. The molecule has 7 nitrogen and oxygen atoms in total. The van der Waals surface area contributed by atoms with Crippen molar-refractivity contribution in [2.24, 2.45) is 11.3 Å². The lowest BCUT2D eigenvalue weighted by molar-refractivity contribution is -0.146. The van der Waals surface area contributed by atoms with Crippen molar-refractivity contribution in [2.45, 2.75) is 51.0 Å². The minimum absolute atomic E-state index is 0.226. The topological polar surface area (TPSA) is 124 Å². The van der Waals surface area contributed by atoms with E-state index in [1.165, 1.54) is 0 Å². The molecule has 2 atom stereocenters. The number of nitrogens with one attached hydrogen (secondary N) is 1. The van der Waals surface area contributed by atoms with Crippen LogP contribution < -0.4 is 5.32 Å². The molecule has 1 aliphatic carbocycles. The van der Waals surface area contributed by atoms with E-state index in [-0.39, 0.29) is 18.9 Å². The second-order valence-corrected chi connectivity index (χ2v) is 7.32. The summed E-state index contributed by atoms with van der Waals surface area (Å²) in [6, 6.07) is 9.62. The number of aliphatic hydroxyl groups excluding tert-OH is 1. The van der Waals surface area contributed by atoms with Crippen LogP contribution in [0.2, 0.25) is 0 Å². The molecule has 7 heteroatoms. The molecule has 27 heavy (non-hydrogen) atoms. The zero-order chi connectivity index (χ0) is 19.9. The number of amides is 1. The Labute approximate surface area is 158 Å². The number of aryl methyl sites for hydroxylation is 1. The van der Waals surface area contributed by atoms with Crippen LogP contribution in [-0.2, 0) is 20.8 Å². The molecule has 0 aliphatic heterocycles. The maximum atomic E-state index is 12.7. The van der Waals surface area contributed by atoms with E-state index in [1.54, 1.807) is 0 Å². The Balaban J connectivity index is 2.03. The van der Waals surface area contributed by atoms with Gasteiger partial charge in [0.2, 0.25) is 5.91 Å². The van der Waals surface area contributed by atoms with Gasteiger partial charge in [-0.15, -0.1) is 0 Å². The van der Waals surface area contributed by atoms with Gasteiger partial charge >= 0.3 is 11.9 Å². The molecule has 148 valence electrons. The van der Waals surface area contributed by atoms with Gasteiger partial charge in [0.25, 0.3) is 0 Å². The number of benzene rings is 1. The van der Waals surface area contributed by atoms with Crippen molar-refractivity contribution >= 4 is 17.8 Å². The lowest BCUT2D eigenvalue weighted by Crippen LogP contribution is -2.45. The van der Waals surface area contributed by atoms with Gasteiger partial charge in [-0.1, -0.05) is 43.2 Å². The Morgan fingerprint density at radius 1 is 1.04 bits per heavy atom. The monoisotopic (exact) mass is 377 g/mol. The van der Waals surface area contributed by atoms with Crippen molar-refractivity contribution in [3.05, 3.63) is 35.9 Å². The van der Waals surface area contributed by atoms with Gasteiger partial charge in [-0.25, -0.2) is 4.79 Å². The van der Waals surface area contributed by atoms with Crippen LogP contribution in [0.5, 0.6) is 0 Å². The SMILES string of the molecule is O=C(O)[C@H](CCc1ccccc1)CC1(C(=O)NC[C@H](O)C(=O)O)CCCC1. The van der Waals surface area contributed by atoms with Crippen molar-refractivity contribution in [3.8, 4) is 0 Å². The standard InChI is InChI=1S/C20H27NO6/c22-16(18(25)26)13-21-19(27)20(10-4-5-11-20)12-15(17(23)24)9-8-14-6-2-1-3-7-14/h1-3,6-7,15-16,22H,4-5,8-13H2,(H,21,27)(H,23,24)(H,25,26)/t15-,16+/m1/s1. The Morgan fingerprint density at radius 3 is 2.22 bits per heavy atom. The molecule has 0 heterocycles. The van der Waals surface area contributed by atoms with Crippen LogP contribution in [0, 0.1) is 11.3 Å². The molecule has 0 unspecified atom stereocenters. The van der Waals surface area contributed by atoms with Crippen LogP contribution in [0.1, 0.15) is 44.1 Å². The summed E-state index contributed by atoms with van der Waals surface area (Å²) >= 11 is 0. The zero-order valence-electron chi connectivity index (χ0n) is 15.3. The van der Waals surface area contributed by atoms with Gasteiger partial charge in [0, 0.05) is 5.41 Å². The zero-order valence-corrected chi connectivity index (χ0v) is 15.3. The number of carboxylic acid groups (broad SMARTS) is 2. The smallest absolute Gasteiger partial charge is 0.334 e. The Hall–Kier alpha value is -2.41. The summed E-state index contributed by atoms with van der Waals surface area (Å²) in [6.07, 6.45) is 2.44. The van der Waals surface area contributed by atoms with Crippen LogP contribution in [0.25, 0.3) is 0 Å². The normalized spacial score (nSPS) is 17.8. The third-order valence-electron chi connectivity index (χ3n) is 5.39. The summed E-state index contributed by atoms with van der Waals surface area (Å²) in [5.74, 6) is -3.33. The van der Waals surface area contributed by atoms with E-state index in [1.807, 2.05) is 30.3 Å². The molecule has 1 aromatic carbocycles. The summed E-state index contributed by atoms with van der Waals surface area (Å²) in [4.78, 5) is 35.2. The van der Waals surface area contributed by atoms with Crippen molar-refractivity contribution in [3.63, 3.8) is 0 Å². The summed E-state index contributed by atoms with van der Waals surface area (Å²) < 4.78 is 0. The number of carbonyl (C=O) groups excluding carboxylic acids is 1. The van der Waals surface area contributed by atoms with Crippen LogP contribution in [0.4, 0.5) is 0 Å². The first-order chi connectivity index (χ1) is 12.8. The fraction of sp³-hybridized carbons (Fsp3) is 0.550. The fourth-order valence-corrected chi connectivity index (χ4v) is 3.81. The lowest BCUT2D eigenvalue weighted by atomic mass is 9.75. The predicted octanol–water partition coefficient (Wildman–Crippen LogP) is 1.83. The van der Waals surface area contributed by atoms with E-state index in [2.05, 4.69) is 5.32 Å². The summed E-state index contributed by atoms with van der Waals surface area (Å²) in [6.45, 7) is -0.377. The molecule has 1 amide bonds. The third kappa shape index (κ3) is 5.79. The second kappa shape index (κ2) is 9.50. The van der Waals surface area contributed by atoms with Crippen LogP contribution in [0.15, 0.2) is 30.3 Å². The van der Waals surface area contributed by atoms with Crippen molar-refractivity contribution < 1.29 is 29.7 Å². The van der Waals surface area contributed by atoms with Crippen LogP contribution in [0.3, 0.4) is 0 Å². The first-order valence-electron chi connectivity index (χ1n) is 9.30. The van der Waals surface area contributed by atoms with E-state index < -0.39 is 29.4 Å².